The van der Waals surface area contributed by atoms with E-state index in [4.69, 9.17) is 9.47 Å². The van der Waals surface area contributed by atoms with Crippen LogP contribution in [0.15, 0.2) is 75.8 Å². The lowest BCUT2D eigenvalue weighted by Crippen LogP contribution is -2.45. The number of nitrogens with one attached hydrogen (secondary N) is 1. The minimum Gasteiger partial charge on any atom is -0.497 e. The van der Waals surface area contributed by atoms with Gasteiger partial charge in [-0.15, -0.1) is 0 Å². The molecule has 2 aromatic carbocycles. The highest BCUT2D eigenvalue weighted by molar-refractivity contribution is 8.18. The number of fused-ring (bicyclic) bond motifs is 1. The molecule has 0 fully saturated rings. The van der Waals surface area contributed by atoms with Crippen molar-refractivity contribution in [3.63, 3.8) is 0 Å². The van der Waals surface area contributed by atoms with Crippen LogP contribution in [0.3, 0.4) is 0 Å². The SMILES string of the molecule is CCOC(=O)C1=C(C)N=C2SC(C(=O)Nc3ccc(OC)cc3)=CC(=O)N2[C@@H]1c1ccc(F)cc1. The number of nitrogens with zero attached hydrogens (tertiary/aromatic N) is 2. The molecule has 180 valence electrons. The van der Waals surface area contributed by atoms with E-state index in [2.05, 4.69) is 10.3 Å². The van der Waals surface area contributed by atoms with Gasteiger partial charge < -0.3 is 14.8 Å². The summed E-state index contributed by atoms with van der Waals surface area (Å²) in [5, 5.41) is 2.98. The molecule has 0 radical (unpaired) electrons. The Morgan fingerprint density at radius 1 is 1.14 bits per heavy atom. The van der Waals surface area contributed by atoms with Crippen molar-refractivity contribution in [2.24, 2.45) is 4.99 Å². The summed E-state index contributed by atoms with van der Waals surface area (Å²) < 4.78 is 23.9. The number of allylic oxidation sites excluding steroid dienone is 1. The highest BCUT2D eigenvalue weighted by Crippen LogP contribution is 2.42. The minimum absolute atomic E-state index is 0.139. The molecule has 0 aromatic heterocycles. The Labute approximate surface area is 205 Å². The van der Waals surface area contributed by atoms with Gasteiger partial charge in [-0.3, -0.25) is 14.5 Å². The highest BCUT2D eigenvalue weighted by atomic mass is 32.2. The van der Waals surface area contributed by atoms with Gasteiger partial charge in [0.05, 0.1) is 35.9 Å². The highest BCUT2D eigenvalue weighted by Gasteiger charge is 2.42. The maximum atomic E-state index is 13.6. The van der Waals surface area contributed by atoms with E-state index < -0.39 is 29.6 Å². The van der Waals surface area contributed by atoms with Crippen LogP contribution in [-0.4, -0.2) is 41.6 Å². The number of amidine groups is 1. The van der Waals surface area contributed by atoms with Crippen molar-refractivity contribution in [1.29, 1.82) is 0 Å². The van der Waals surface area contributed by atoms with Crippen LogP contribution in [0, 0.1) is 5.82 Å². The number of halogens is 1. The summed E-state index contributed by atoms with van der Waals surface area (Å²) in [7, 11) is 1.54. The second-order valence-electron chi connectivity index (χ2n) is 7.57. The van der Waals surface area contributed by atoms with E-state index in [1.165, 1.54) is 35.2 Å². The average Bonchev–Trinajstić information content (AvgIpc) is 2.84. The fourth-order valence-corrected chi connectivity index (χ4v) is 4.68. The van der Waals surface area contributed by atoms with E-state index in [0.717, 1.165) is 11.8 Å². The predicted molar refractivity (Wildman–Crippen MR) is 130 cm³/mol. The quantitative estimate of drug-likeness (QED) is 0.604. The topological polar surface area (TPSA) is 97.3 Å². The molecule has 2 aliphatic heterocycles. The number of benzene rings is 2. The van der Waals surface area contributed by atoms with Gasteiger partial charge in [0.15, 0.2) is 5.17 Å². The first-order valence-corrected chi connectivity index (χ1v) is 11.5. The molecule has 4 rings (SSSR count). The molecule has 2 heterocycles. The number of methoxy groups -OCH3 is 1. The van der Waals surface area contributed by atoms with Crippen LogP contribution in [0.1, 0.15) is 25.5 Å². The summed E-state index contributed by atoms with van der Waals surface area (Å²) in [6.07, 6.45) is 1.20. The zero-order chi connectivity index (χ0) is 25.1. The first-order valence-electron chi connectivity index (χ1n) is 10.7. The fourth-order valence-electron chi connectivity index (χ4n) is 3.71. The molecule has 0 saturated heterocycles. The number of ether oxygens (including phenoxy) is 2. The molecule has 10 heteroatoms. The van der Waals surface area contributed by atoms with Gasteiger partial charge in [-0.25, -0.2) is 14.2 Å². The van der Waals surface area contributed by atoms with Crippen molar-refractivity contribution in [1.82, 2.24) is 4.90 Å². The Bertz CT molecular complexity index is 1270. The van der Waals surface area contributed by atoms with Gasteiger partial charge in [-0.2, -0.15) is 0 Å². The van der Waals surface area contributed by atoms with E-state index in [-0.39, 0.29) is 22.3 Å². The number of hydrogen-bond acceptors (Lipinski definition) is 7. The molecule has 0 bridgehead atoms. The number of thioether (sulfide) groups is 1. The number of carbonyl (C=O) groups excluding carboxylic acids is 3. The third kappa shape index (κ3) is 4.97. The summed E-state index contributed by atoms with van der Waals surface area (Å²) in [5.41, 5.74) is 1.56. The van der Waals surface area contributed by atoms with E-state index in [0.29, 0.717) is 22.7 Å². The van der Waals surface area contributed by atoms with Gasteiger partial charge in [0.2, 0.25) is 0 Å². The van der Waals surface area contributed by atoms with Gasteiger partial charge in [0.1, 0.15) is 11.6 Å². The third-order valence-electron chi connectivity index (χ3n) is 5.34. The van der Waals surface area contributed by atoms with E-state index in [1.54, 1.807) is 45.2 Å². The lowest BCUT2D eigenvalue weighted by molar-refractivity contribution is -0.139. The molecule has 0 aliphatic carbocycles. The number of rotatable bonds is 6. The maximum Gasteiger partial charge on any atom is 0.338 e. The molecule has 1 N–H and O–H groups in total. The average molecular weight is 496 g/mol. The number of esters is 1. The van der Waals surface area contributed by atoms with Gasteiger partial charge in [-0.05, 0) is 67.6 Å². The third-order valence-corrected chi connectivity index (χ3v) is 6.33. The first kappa shape index (κ1) is 24.2. The lowest BCUT2D eigenvalue weighted by atomic mass is 9.94. The molecule has 35 heavy (non-hydrogen) atoms. The fraction of sp³-hybridized carbons (Fsp3) is 0.200. The minimum atomic E-state index is -0.885. The second-order valence-corrected chi connectivity index (χ2v) is 8.58. The molecule has 0 spiro atoms. The smallest absolute Gasteiger partial charge is 0.338 e. The molecule has 0 unspecified atom stereocenters. The summed E-state index contributed by atoms with van der Waals surface area (Å²) in [4.78, 5) is 44.9. The second kappa shape index (κ2) is 10.1. The van der Waals surface area contributed by atoms with Crippen molar-refractivity contribution in [2.45, 2.75) is 19.9 Å². The maximum absolute atomic E-state index is 13.6. The summed E-state index contributed by atoms with van der Waals surface area (Å²) in [5.74, 6) is -1.44. The van der Waals surface area contributed by atoms with Crippen molar-refractivity contribution in [3.8, 4) is 5.75 Å². The van der Waals surface area contributed by atoms with Crippen LogP contribution in [0.2, 0.25) is 0 Å². The van der Waals surface area contributed by atoms with Crippen molar-refractivity contribution in [2.75, 3.05) is 19.0 Å². The standard InChI is InChI=1S/C25H22FN3O5S/c1-4-34-24(32)21-14(2)27-25-29(22(21)15-5-7-16(26)8-6-15)20(30)13-19(35-25)23(31)28-17-9-11-18(33-3)12-10-17/h5-13,22H,4H2,1-3H3,(H,28,31)/t22-/m1/s1. The predicted octanol–water partition coefficient (Wildman–Crippen LogP) is 4.18. The Hall–Kier alpha value is -3.92. The molecule has 2 amide bonds. The van der Waals surface area contributed by atoms with E-state index >= 15 is 0 Å². The van der Waals surface area contributed by atoms with Crippen LogP contribution in [0.25, 0.3) is 0 Å². The van der Waals surface area contributed by atoms with Crippen LogP contribution in [-0.2, 0) is 19.1 Å². The van der Waals surface area contributed by atoms with Gasteiger partial charge in [0.25, 0.3) is 11.8 Å². The number of carbonyl (C=O) groups is 3. The van der Waals surface area contributed by atoms with Crippen LogP contribution >= 0.6 is 11.8 Å². The molecular weight excluding hydrogens is 473 g/mol. The molecule has 8 nitrogen and oxygen atoms in total. The Balaban J connectivity index is 1.69. The van der Waals surface area contributed by atoms with Crippen molar-refractivity contribution >= 4 is 40.4 Å². The van der Waals surface area contributed by atoms with Crippen molar-refractivity contribution in [3.05, 3.63) is 82.2 Å². The van der Waals surface area contributed by atoms with E-state index in [9.17, 15) is 18.8 Å². The Morgan fingerprint density at radius 3 is 2.46 bits per heavy atom. The Morgan fingerprint density at radius 2 is 1.83 bits per heavy atom. The Kier molecular flexibility index (Phi) is 7.02. The van der Waals surface area contributed by atoms with Gasteiger partial charge in [0, 0.05) is 11.8 Å². The molecule has 0 saturated carbocycles. The zero-order valence-corrected chi connectivity index (χ0v) is 20.0. The number of anilines is 1. The molecule has 2 aliphatic rings. The molecular formula is C25H22FN3O5S. The zero-order valence-electron chi connectivity index (χ0n) is 19.2. The largest absolute Gasteiger partial charge is 0.497 e. The summed E-state index contributed by atoms with van der Waals surface area (Å²) in [6.45, 7) is 3.45. The monoisotopic (exact) mass is 495 g/mol. The van der Waals surface area contributed by atoms with Gasteiger partial charge in [-0.1, -0.05) is 12.1 Å². The van der Waals surface area contributed by atoms with Crippen LogP contribution in [0.5, 0.6) is 5.75 Å². The van der Waals surface area contributed by atoms with E-state index in [1.807, 2.05) is 0 Å². The van der Waals surface area contributed by atoms with Crippen LogP contribution < -0.4 is 10.1 Å². The first-order chi connectivity index (χ1) is 16.8. The lowest BCUT2D eigenvalue weighted by Gasteiger charge is -2.38. The molecule has 2 aromatic rings. The summed E-state index contributed by atoms with van der Waals surface area (Å²) in [6, 6.07) is 11.4. The van der Waals surface area contributed by atoms with Crippen molar-refractivity contribution < 1.29 is 28.2 Å². The number of aliphatic imine (C=N–C) groups is 1. The summed E-state index contributed by atoms with van der Waals surface area (Å²) >= 11 is 1.01. The van der Waals surface area contributed by atoms with Gasteiger partial charge >= 0.3 is 5.97 Å². The number of hydrogen-bond donors (Lipinski definition) is 1. The molecule has 1 atom stereocenters. The van der Waals surface area contributed by atoms with Crippen LogP contribution in [0.4, 0.5) is 10.1 Å². The normalized spacial score (nSPS) is 17.3. The number of amides is 2.